The van der Waals surface area contributed by atoms with Gasteiger partial charge in [0.05, 0.1) is 17.0 Å². The fourth-order valence-electron chi connectivity index (χ4n) is 3.09. The van der Waals surface area contributed by atoms with E-state index in [2.05, 4.69) is 5.32 Å². The smallest absolute Gasteiger partial charge is 0.154 e. The third kappa shape index (κ3) is 2.72. The van der Waals surface area contributed by atoms with E-state index in [0.717, 1.165) is 35.1 Å². The molecule has 1 aliphatic heterocycles. The van der Waals surface area contributed by atoms with Gasteiger partial charge < -0.3 is 9.73 Å². The minimum absolute atomic E-state index is 0.00759. The molecule has 114 valence electrons. The summed E-state index contributed by atoms with van der Waals surface area (Å²) in [5.74, 6) is 1.23. The maximum Gasteiger partial charge on any atom is 0.154 e. The Hall–Kier alpha value is -1.33. The molecule has 0 bridgehead atoms. The number of sulfone groups is 1. The summed E-state index contributed by atoms with van der Waals surface area (Å²) in [5.41, 5.74) is 2.01. The molecular weight excluding hydrogens is 286 g/mol. The van der Waals surface area contributed by atoms with E-state index >= 15 is 0 Å². The fraction of sp³-hybridized carbons (Fsp3) is 0.500. The molecule has 21 heavy (non-hydrogen) atoms. The van der Waals surface area contributed by atoms with Crippen LogP contribution in [-0.4, -0.2) is 26.0 Å². The quantitative estimate of drug-likeness (QED) is 0.943. The lowest BCUT2D eigenvalue weighted by atomic mass is 10.1. The molecule has 0 aliphatic carbocycles. The van der Waals surface area contributed by atoms with Gasteiger partial charge in [-0.15, -0.1) is 0 Å². The Balaban J connectivity index is 1.75. The highest BCUT2D eigenvalue weighted by Crippen LogP contribution is 2.29. The standard InChI is InChI=1S/C16H21NO3S/c1-11-14-7-3-4-8-15(14)20-16(11)12(2)17-10-13-6-5-9-21(13,18)19/h3-4,7-8,12-13,17H,5-6,9-10H2,1-2H3. The molecule has 2 unspecified atom stereocenters. The van der Waals surface area contributed by atoms with E-state index in [1.165, 1.54) is 0 Å². The largest absolute Gasteiger partial charge is 0.459 e. The van der Waals surface area contributed by atoms with Crippen LogP contribution in [-0.2, 0) is 9.84 Å². The Labute approximate surface area is 125 Å². The first-order valence-corrected chi connectivity index (χ1v) is 9.13. The van der Waals surface area contributed by atoms with Crippen molar-refractivity contribution in [1.82, 2.24) is 5.32 Å². The summed E-state index contributed by atoms with van der Waals surface area (Å²) < 4.78 is 29.6. The van der Waals surface area contributed by atoms with Crippen molar-refractivity contribution in [3.05, 3.63) is 35.6 Å². The highest BCUT2D eigenvalue weighted by molar-refractivity contribution is 7.92. The van der Waals surface area contributed by atoms with Gasteiger partial charge in [-0.3, -0.25) is 0 Å². The minimum atomic E-state index is -2.89. The molecule has 1 aliphatic rings. The molecule has 2 heterocycles. The topological polar surface area (TPSA) is 59.3 Å². The summed E-state index contributed by atoms with van der Waals surface area (Å²) in [6.45, 7) is 4.57. The number of furan rings is 1. The van der Waals surface area contributed by atoms with Gasteiger partial charge in [-0.1, -0.05) is 18.2 Å². The second-order valence-corrected chi connectivity index (χ2v) is 8.25. The van der Waals surface area contributed by atoms with Crippen molar-refractivity contribution in [2.45, 2.75) is 38.0 Å². The zero-order chi connectivity index (χ0) is 15.0. The predicted molar refractivity (Wildman–Crippen MR) is 84.2 cm³/mol. The third-order valence-corrected chi connectivity index (χ3v) is 6.66. The monoisotopic (exact) mass is 307 g/mol. The van der Waals surface area contributed by atoms with E-state index in [0.29, 0.717) is 12.3 Å². The highest BCUT2D eigenvalue weighted by atomic mass is 32.2. The molecule has 1 N–H and O–H groups in total. The molecule has 5 heteroatoms. The minimum Gasteiger partial charge on any atom is -0.459 e. The Morgan fingerprint density at radius 2 is 2.14 bits per heavy atom. The lowest BCUT2D eigenvalue weighted by Crippen LogP contribution is -2.32. The summed E-state index contributed by atoms with van der Waals surface area (Å²) >= 11 is 0. The molecule has 1 aromatic heterocycles. The molecule has 2 atom stereocenters. The van der Waals surface area contributed by atoms with Crippen LogP contribution < -0.4 is 5.32 Å². The molecule has 3 rings (SSSR count). The van der Waals surface area contributed by atoms with Crippen LogP contribution in [0.2, 0.25) is 0 Å². The van der Waals surface area contributed by atoms with Crippen molar-refractivity contribution in [1.29, 1.82) is 0 Å². The first-order valence-electron chi connectivity index (χ1n) is 7.42. The number of nitrogens with one attached hydrogen (secondary N) is 1. The van der Waals surface area contributed by atoms with Crippen LogP contribution in [0.3, 0.4) is 0 Å². The summed E-state index contributed by atoms with van der Waals surface area (Å²) in [6.07, 6.45) is 1.55. The lowest BCUT2D eigenvalue weighted by Gasteiger charge is -2.16. The fourth-order valence-corrected chi connectivity index (χ4v) is 4.87. The van der Waals surface area contributed by atoms with E-state index < -0.39 is 9.84 Å². The normalized spacial score (nSPS) is 22.7. The molecule has 4 nitrogen and oxygen atoms in total. The number of benzene rings is 1. The Bertz CT molecular complexity index is 748. The van der Waals surface area contributed by atoms with E-state index in [-0.39, 0.29) is 11.3 Å². The van der Waals surface area contributed by atoms with Gasteiger partial charge in [0.1, 0.15) is 11.3 Å². The van der Waals surface area contributed by atoms with E-state index in [1.807, 2.05) is 38.1 Å². The summed E-state index contributed by atoms with van der Waals surface area (Å²) in [4.78, 5) is 0. The molecule has 2 aromatic rings. The molecule has 1 saturated heterocycles. The van der Waals surface area contributed by atoms with Gasteiger partial charge in [-0.2, -0.15) is 0 Å². The first kappa shape index (κ1) is 14.6. The maximum absolute atomic E-state index is 11.9. The van der Waals surface area contributed by atoms with Crippen molar-refractivity contribution in [2.24, 2.45) is 0 Å². The van der Waals surface area contributed by atoms with Crippen LogP contribution in [0, 0.1) is 6.92 Å². The highest BCUT2D eigenvalue weighted by Gasteiger charge is 2.31. The number of rotatable bonds is 4. The van der Waals surface area contributed by atoms with Crippen molar-refractivity contribution >= 4 is 20.8 Å². The second kappa shape index (κ2) is 5.46. The zero-order valence-corrected chi connectivity index (χ0v) is 13.2. The molecule has 0 saturated carbocycles. The number of aryl methyl sites for hydroxylation is 1. The zero-order valence-electron chi connectivity index (χ0n) is 12.4. The van der Waals surface area contributed by atoms with Crippen LogP contribution >= 0.6 is 0 Å². The van der Waals surface area contributed by atoms with E-state index in [4.69, 9.17) is 4.42 Å². The van der Waals surface area contributed by atoms with Gasteiger partial charge in [0.2, 0.25) is 0 Å². The van der Waals surface area contributed by atoms with Crippen LogP contribution in [0.1, 0.15) is 37.1 Å². The van der Waals surface area contributed by atoms with Gasteiger partial charge in [0, 0.05) is 11.9 Å². The molecular formula is C16H21NO3S. The third-order valence-electron chi connectivity index (χ3n) is 4.39. The van der Waals surface area contributed by atoms with Gasteiger partial charge in [-0.25, -0.2) is 8.42 Å². The van der Waals surface area contributed by atoms with Gasteiger partial charge in [0.25, 0.3) is 0 Å². The van der Waals surface area contributed by atoms with Crippen molar-refractivity contribution < 1.29 is 12.8 Å². The molecule has 0 spiro atoms. The van der Waals surface area contributed by atoms with Crippen LogP contribution in [0.4, 0.5) is 0 Å². The lowest BCUT2D eigenvalue weighted by molar-refractivity contribution is 0.444. The summed E-state index contributed by atoms with van der Waals surface area (Å²) in [7, 11) is -2.89. The van der Waals surface area contributed by atoms with Crippen molar-refractivity contribution in [3.63, 3.8) is 0 Å². The SMILES string of the molecule is Cc1c(C(C)NCC2CCCS2(=O)=O)oc2ccccc12. The molecule has 0 radical (unpaired) electrons. The number of fused-ring (bicyclic) bond motifs is 1. The first-order chi connectivity index (χ1) is 9.99. The number of hydrogen-bond acceptors (Lipinski definition) is 4. The number of para-hydroxylation sites is 1. The van der Waals surface area contributed by atoms with Crippen molar-refractivity contribution in [3.8, 4) is 0 Å². The second-order valence-electron chi connectivity index (χ2n) is 5.85. The maximum atomic E-state index is 11.9. The van der Waals surface area contributed by atoms with Gasteiger partial charge in [-0.05, 0) is 38.3 Å². The Morgan fingerprint density at radius 3 is 2.81 bits per heavy atom. The number of hydrogen-bond donors (Lipinski definition) is 1. The van der Waals surface area contributed by atoms with Gasteiger partial charge in [0.15, 0.2) is 9.84 Å². The summed E-state index contributed by atoms with van der Waals surface area (Å²) in [6, 6.07) is 7.97. The van der Waals surface area contributed by atoms with Crippen LogP contribution in [0.25, 0.3) is 11.0 Å². The average molecular weight is 307 g/mol. The Kier molecular flexibility index (Phi) is 3.80. The van der Waals surface area contributed by atoms with Gasteiger partial charge >= 0.3 is 0 Å². The van der Waals surface area contributed by atoms with E-state index in [1.54, 1.807) is 0 Å². The van der Waals surface area contributed by atoms with Crippen LogP contribution in [0.15, 0.2) is 28.7 Å². The van der Waals surface area contributed by atoms with E-state index in [9.17, 15) is 8.42 Å². The van der Waals surface area contributed by atoms with Crippen molar-refractivity contribution in [2.75, 3.05) is 12.3 Å². The van der Waals surface area contributed by atoms with Crippen LogP contribution in [0.5, 0.6) is 0 Å². The molecule has 1 fully saturated rings. The molecule has 1 aromatic carbocycles. The average Bonchev–Trinajstić information content (AvgIpc) is 2.97. The Morgan fingerprint density at radius 1 is 1.38 bits per heavy atom. The predicted octanol–water partition coefficient (Wildman–Crippen LogP) is 2.97. The summed E-state index contributed by atoms with van der Waals surface area (Å²) in [5, 5.41) is 4.20. The molecule has 0 amide bonds.